The molecular weight excluding hydrogens is 391 g/mol. The Labute approximate surface area is 163 Å². The zero-order valence-electron chi connectivity index (χ0n) is 15.8. The number of aromatic nitrogens is 1. The highest BCUT2D eigenvalue weighted by Crippen LogP contribution is 2.41. The van der Waals surface area contributed by atoms with Crippen LogP contribution in [0.25, 0.3) is 10.9 Å². The van der Waals surface area contributed by atoms with Gasteiger partial charge in [0, 0.05) is 32.2 Å². The van der Waals surface area contributed by atoms with Crippen molar-refractivity contribution in [3.05, 3.63) is 33.9 Å². The number of piperazine rings is 1. The molecule has 1 N–H and O–H groups in total. The molecule has 1 aromatic heterocycles. The first-order valence-electron chi connectivity index (χ1n) is 9.46. The molecule has 0 amide bonds. The van der Waals surface area contributed by atoms with Gasteiger partial charge in [0.05, 0.1) is 17.1 Å². The van der Waals surface area contributed by atoms with Crippen molar-refractivity contribution in [2.75, 3.05) is 37.6 Å². The fourth-order valence-corrected chi connectivity index (χ4v) is 3.83. The van der Waals surface area contributed by atoms with Gasteiger partial charge < -0.3 is 24.2 Å². The number of carbonyl (C=O) groups is 1. The second-order valence-corrected chi connectivity index (χ2v) is 7.26. The van der Waals surface area contributed by atoms with Crippen LogP contribution in [0, 0.1) is 17.5 Å². The molecular formula is C19H20F3N3O4. The average molecular weight is 411 g/mol. The third kappa shape index (κ3) is 3.31. The summed E-state index contributed by atoms with van der Waals surface area (Å²) in [7, 11) is 0. The fraction of sp³-hybridized carbons (Fsp3) is 0.474. The molecule has 0 bridgehead atoms. The molecule has 1 aliphatic carbocycles. The molecule has 2 heterocycles. The lowest BCUT2D eigenvalue weighted by Gasteiger charge is -2.36. The number of pyridine rings is 1. The quantitative estimate of drug-likeness (QED) is 0.616. The highest BCUT2D eigenvalue weighted by atomic mass is 19.2. The van der Waals surface area contributed by atoms with Crippen LogP contribution in [0.3, 0.4) is 0 Å². The van der Waals surface area contributed by atoms with Gasteiger partial charge in [0.2, 0.25) is 5.43 Å². The SMILES string of the molecule is CCN1CCN(c2c(F)c(F)c3c(=O)c(OC(=O)O)cn(C4CC4)c3c2F)CC1. The average Bonchev–Trinajstić information content (AvgIpc) is 3.53. The lowest BCUT2D eigenvalue weighted by Crippen LogP contribution is -2.47. The molecule has 156 valence electrons. The zero-order chi connectivity index (χ0) is 20.9. The number of carboxylic acid groups (broad SMARTS) is 1. The molecule has 2 aliphatic rings. The van der Waals surface area contributed by atoms with E-state index >= 15 is 4.39 Å². The van der Waals surface area contributed by atoms with E-state index in [1.54, 1.807) is 0 Å². The van der Waals surface area contributed by atoms with Crippen LogP contribution < -0.4 is 15.1 Å². The second-order valence-electron chi connectivity index (χ2n) is 7.26. The number of hydrogen-bond donors (Lipinski definition) is 1. The van der Waals surface area contributed by atoms with Gasteiger partial charge in [-0.2, -0.15) is 0 Å². The van der Waals surface area contributed by atoms with Gasteiger partial charge in [0.15, 0.2) is 23.2 Å². The Morgan fingerprint density at radius 1 is 1.14 bits per heavy atom. The number of nitrogens with zero attached hydrogens (tertiary/aromatic N) is 3. The van der Waals surface area contributed by atoms with E-state index in [1.807, 2.05) is 6.92 Å². The molecule has 4 rings (SSSR count). The number of anilines is 1. The van der Waals surface area contributed by atoms with Gasteiger partial charge in [0.1, 0.15) is 5.69 Å². The van der Waals surface area contributed by atoms with Crippen molar-refractivity contribution in [3.63, 3.8) is 0 Å². The van der Waals surface area contributed by atoms with E-state index in [4.69, 9.17) is 5.11 Å². The Morgan fingerprint density at radius 3 is 2.34 bits per heavy atom. The molecule has 0 radical (unpaired) electrons. The Morgan fingerprint density at radius 2 is 1.79 bits per heavy atom. The molecule has 29 heavy (non-hydrogen) atoms. The van der Waals surface area contributed by atoms with Gasteiger partial charge in [-0.3, -0.25) is 4.79 Å². The second kappa shape index (κ2) is 7.25. The number of likely N-dealkylation sites (N-methyl/N-ethyl adjacent to an activating group) is 1. The standard InChI is InChI=1S/C19H20F3N3O4/c1-2-23-5-7-24(8-6-23)17-14(21)13(20)12-16(15(17)22)25(10-3-4-10)9-11(18(12)26)29-19(27)28/h9-10H,2-8H2,1H3,(H,27,28). The van der Waals surface area contributed by atoms with E-state index in [0.29, 0.717) is 39.0 Å². The van der Waals surface area contributed by atoms with Gasteiger partial charge in [-0.25, -0.2) is 18.0 Å². The number of fused-ring (bicyclic) bond motifs is 1. The summed E-state index contributed by atoms with van der Waals surface area (Å²) in [6, 6.07) is -0.238. The van der Waals surface area contributed by atoms with Crippen LogP contribution in [0.4, 0.5) is 23.7 Å². The fourth-order valence-electron chi connectivity index (χ4n) is 3.83. The minimum absolute atomic E-state index is 0.238. The van der Waals surface area contributed by atoms with Crippen LogP contribution in [0.5, 0.6) is 5.75 Å². The number of hydrogen-bond acceptors (Lipinski definition) is 5. The summed E-state index contributed by atoms with van der Waals surface area (Å²) < 4.78 is 51.1. The summed E-state index contributed by atoms with van der Waals surface area (Å²) >= 11 is 0. The Balaban J connectivity index is 1.94. The summed E-state index contributed by atoms with van der Waals surface area (Å²) in [4.78, 5) is 27.0. The van der Waals surface area contributed by atoms with Crippen molar-refractivity contribution in [2.45, 2.75) is 25.8 Å². The molecule has 1 aromatic carbocycles. The van der Waals surface area contributed by atoms with E-state index in [9.17, 15) is 18.4 Å². The first kappa shape index (κ1) is 19.6. The van der Waals surface area contributed by atoms with E-state index in [2.05, 4.69) is 9.64 Å². The summed E-state index contributed by atoms with van der Waals surface area (Å²) in [6.45, 7) is 4.59. The summed E-state index contributed by atoms with van der Waals surface area (Å²) in [6.07, 6.45) is 0.590. The zero-order valence-corrected chi connectivity index (χ0v) is 15.8. The lowest BCUT2D eigenvalue weighted by atomic mass is 10.1. The van der Waals surface area contributed by atoms with Crippen molar-refractivity contribution in [2.24, 2.45) is 0 Å². The Hall–Kier alpha value is -2.75. The molecule has 2 fully saturated rings. The van der Waals surface area contributed by atoms with Crippen molar-refractivity contribution in [1.82, 2.24) is 9.47 Å². The van der Waals surface area contributed by atoms with Crippen molar-refractivity contribution in [3.8, 4) is 5.75 Å². The van der Waals surface area contributed by atoms with Gasteiger partial charge in [-0.15, -0.1) is 0 Å². The molecule has 0 spiro atoms. The highest BCUT2D eigenvalue weighted by molar-refractivity contribution is 5.86. The molecule has 10 heteroatoms. The van der Waals surface area contributed by atoms with Gasteiger partial charge in [0.25, 0.3) is 0 Å². The maximum Gasteiger partial charge on any atom is 0.511 e. The number of halogens is 3. The number of rotatable bonds is 4. The van der Waals surface area contributed by atoms with Gasteiger partial charge in [-0.05, 0) is 19.4 Å². The summed E-state index contributed by atoms with van der Waals surface area (Å²) in [5.74, 6) is -4.65. The van der Waals surface area contributed by atoms with Crippen molar-refractivity contribution < 1.29 is 27.8 Å². The minimum atomic E-state index is -1.77. The van der Waals surface area contributed by atoms with E-state index in [1.165, 1.54) is 9.47 Å². The van der Waals surface area contributed by atoms with Crippen LogP contribution in [0.15, 0.2) is 11.0 Å². The van der Waals surface area contributed by atoms with Crippen molar-refractivity contribution in [1.29, 1.82) is 0 Å². The molecule has 1 saturated heterocycles. The number of benzene rings is 1. The molecule has 1 aliphatic heterocycles. The van der Waals surface area contributed by atoms with E-state index < -0.39 is 45.9 Å². The van der Waals surface area contributed by atoms with E-state index in [-0.39, 0.29) is 11.6 Å². The van der Waals surface area contributed by atoms with Gasteiger partial charge >= 0.3 is 6.16 Å². The summed E-state index contributed by atoms with van der Waals surface area (Å²) in [5.41, 5.74) is -2.05. The van der Waals surface area contributed by atoms with Gasteiger partial charge in [-0.1, -0.05) is 6.92 Å². The van der Waals surface area contributed by atoms with Crippen LogP contribution in [0.1, 0.15) is 25.8 Å². The lowest BCUT2D eigenvalue weighted by molar-refractivity contribution is 0.143. The monoisotopic (exact) mass is 411 g/mol. The Kier molecular flexibility index (Phi) is 4.89. The normalized spacial score (nSPS) is 17.7. The van der Waals surface area contributed by atoms with Crippen LogP contribution in [-0.2, 0) is 0 Å². The Bertz CT molecular complexity index is 1040. The topological polar surface area (TPSA) is 75.0 Å². The first-order valence-corrected chi connectivity index (χ1v) is 9.46. The summed E-state index contributed by atoms with van der Waals surface area (Å²) in [5, 5.41) is 7.99. The molecule has 2 aromatic rings. The smallest absolute Gasteiger partial charge is 0.449 e. The van der Waals surface area contributed by atoms with Crippen molar-refractivity contribution >= 4 is 22.7 Å². The van der Waals surface area contributed by atoms with Crippen LogP contribution in [0.2, 0.25) is 0 Å². The predicted octanol–water partition coefficient (Wildman–Crippen LogP) is 2.95. The maximum atomic E-state index is 15.5. The minimum Gasteiger partial charge on any atom is -0.449 e. The maximum absolute atomic E-state index is 15.5. The predicted molar refractivity (Wildman–Crippen MR) is 99.3 cm³/mol. The van der Waals surface area contributed by atoms with Crippen LogP contribution in [-0.4, -0.2) is 53.5 Å². The molecule has 7 nitrogen and oxygen atoms in total. The largest absolute Gasteiger partial charge is 0.511 e. The first-order chi connectivity index (χ1) is 13.8. The molecule has 0 unspecified atom stereocenters. The third-order valence-corrected chi connectivity index (χ3v) is 5.51. The molecule has 1 saturated carbocycles. The highest BCUT2D eigenvalue weighted by Gasteiger charge is 2.34. The number of ether oxygens (including phenoxy) is 1. The van der Waals surface area contributed by atoms with Crippen LogP contribution >= 0.6 is 0 Å². The third-order valence-electron chi connectivity index (χ3n) is 5.51. The molecule has 0 atom stereocenters. The van der Waals surface area contributed by atoms with E-state index in [0.717, 1.165) is 12.7 Å².